The van der Waals surface area contributed by atoms with Gasteiger partial charge in [0, 0.05) is 17.1 Å². The topological polar surface area (TPSA) is 29.0 Å². The van der Waals surface area contributed by atoms with Crippen LogP contribution in [0.1, 0.15) is 24.3 Å². The summed E-state index contributed by atoms with van der Waals surface area (Å²) in [6.07, 6.45) is 2.53. The lowest BCUT2D eigenvalue weighted by atomic mass is 10.0. The van der Waals surface area contributed by atoms with Gasteiger partial charge >= 0.3 is 0 Å². The maximum atomic E-state index is 6.21. The molecule has 0 N–H and O–H groups in total. The first-order chi connectivity index (χ1) is 9.08. The molecule has 0 unspecified atom stereocenters. The SMILES string of the molecule is C=C(C(C)C)N1CCc2c(sc3ncnc(Cl)c23)C1. The molecule has 2 aromatic heterocycles. The van der Waals surface area contributed by atoms with E-state index in [0.29, 0.717) is 11.1 Å². The van der Waals surface area contributed by atoms with Gasteiger partial charge in [-0.3, -0.25) is 0 Å². The third kappa shape index (κ3) is 2.13. The summed E-state index contributed by atoms with van der Waals surface area (Å²) in [6, 6.07) is 0. The number of nitrogens with zero attached hydrogens (tertiary/aromatic N) is 3. The predicted octanol–water partition coefficient (Wildman–Crippen LogP) is 3.87. The number of hydrogen-bond acceptors (Lipinski definition) is 4. The van der Waals surface area contributed by atoms with E-state index in [1.54, 1.807) is 11.3 Å². The average molecular weight is 294 g/mol. The van der Waals surface area contributed by atoms with Gasteiger partial charge in [-0.15, -0.1) is 11.3 Å². The molecule has 0 amide bonds. The Balaban J connectivity index is 2.01. The number of hydrogen-bond donors (Lipinski definition) is 0. The van der Waals surface area contributed by atoms with E-state index in [4.69, 9.17) is 11.6 Å². The van der Waals surface area contributed by atoms with Crippen molar-refractivity contribution < 1.29 is 0 Å². The molecule has 0 fully saturated rings. The molecular weight excluding hydrogens is 278 g/mol. The van der Waals surface area contributed by atoms with Crippen molar-refractivity contribution in [3.63, 3.8) is 0 Å². The summed E-state index contributed by atoms with van der Waals surface area (Å²) in [6.45, 7) is 10.5. The van der Waals surface area contributed by atoms with Crippen LogP contribution in [0.25, 0.3) is 10.2 Å². The third-order valence-electron chi connectivity index (χ3n) is 3.66. The van der Waals surface area contributed by atoms with Crippen molar-refractivity contribution in [3.8, 4) is 0 Å². The van der Waals surface area contributed by atoms with E-state index in [1.165, 1.54) is 22.5 Å². The van der Waals surface area contributed by atoms with Crippen molar-refractivity contribution in [2.45, 2.75) is 26.8 Å². The van der Waals surface area contributed by atoms with Gasteiger partial charge in [-0.05, 0) is 17.9 Å². The van der Waals surface area contributed by atoms with Gasteiger partial charge in [-0.1, -0.05) is 32.0 Å². The molecule has 1 aliphatic heterocycles. The van der Waals surface area contributed by atoms with Crippen LogP contribution in [0.15, 0.2) is 18.6 Å². The summed E-state index contributed by atoms with van der Waals surface area (Å²) in [5.74, 6) is 0.485. The van der Waals surface area contributed by atoms with Crippen molar-refractivity contribution in [1.82, 2.24) is 14.9 Å². The molecule has 0 spiro atoms. The minimum absolute atomic E-state index is 0.485. The molecule has 0 bridgehead atoms. The molecule has 100 valence electrons. The van der Waals surface area contributed by atoms with E-state index < -0.39 is 0 Å². The summed E-state index contributed by atoms with van der Waals surface area (Å²) in [7, 11) is 0. The molecule has 1 aliphatic rings. The van der Waals surface area contributed by atoms with Crippen LogP contribution in [-0.2, 0) is 13.0 Å². The van der Waals surface area contributed by atoms with Crippen molar-refractivity contribution in [2.75, 3.05) is 6.54 Å². The molecule has 0 atom stereocenters. The number of fused-ring (bicyclic) bond motifs is 3. The van der Waals surface area contributed by atoms with Crippen molar-refractivity contribution >= 4 is 33.2 Å². The maximum Gasteiger partial charge on any atom is 0.141 e. The van der Waals surface area contributed by atoms with E-state index in [2.05, 4.69) is 35.3 Å². The van der Waals surface area contributed by atoms with E-state index in [-0.39, 0.29) is 0 Å². The Morgan fingerprint density at radius 3 is 3.00 bits per heavy atom. The van der Waals surface area contributed by atoms with Crippen LogP contribution < -0.4 is 0 Å². The van der Waals surface area contributed by atoms with Gasteiger partial charge in [0.1, 0.15) is 16.3 Å². The van der Waals surface area contributed by atoms with Crippen LogP contribution in [0.5, 0.6) is 0 Å². The van der Waals surface area contributed by atoms with E-state index in [9.17, 15) is 0 Å². The minimum atomic E-state index is 0.485. The monoisotopic (exact) mass is 293 g/mol. The highest BCUT2D eigenvalue weighted by Gasteiger charge is 2.24. The first-order valence-electron chi connectivity index (χ1n) is 6.42. The summed E-state index contributed by atoms with van der Waals surface area (Å²) >= 11 is 7.94. The summed E-state index contributed by atoms with van der Waals surface area (Å²) in [4.78, 5) is 13.2. The highest BCUT2D eigenvalue weighted by atomic mass is 35.5. The van der Waals surface area contributed by atoms with Gasteiger partial charge in [0.25, 0.3) is 0 Å². The first-order valence-corrected chi connectivity index (χ1v) is 7.62. The molecule has 3 rings (SSSR count). The molecule has 0 aromatic carbocycles. The molecule has 3 nitrogen and oxygen atoms in total. The lowest BCUT2D eigenvalue weighted by Gasteiger charge is -2.32. The van der Waals surface area contributed by atoms with Gasteiger partial charge in [-0.25, -0.2) is 9.97 Å². The third-order valence-corrected chi connectivity index (χ3v) is 5.07. The van der Waals surface area contributed by atoms with Crippen LogP contribution in [-0.4, -0.2) is 21.4 Å². The van der Waals surface area contributed by atoms with Crippen molar-refractivity contribution in [3.05, 3.63) is 34.2 Å². The molecule has 19 heavy (non-hydrogen) atoms. The maximum absolute atomic E-state index is 6.21. The molecule has 0 radical (unpaired) electrons. The molecule has 0 aliphatic carbocycles. The Kier molecular flexibility index (Phi) is 3.23. The van der Waals surface area contributed by atoms with Gasteiger partial charge in [-0.2, -0.15) is 0 Å². The Bertz CT molecular complexity index is 647. The molecule has 3 heterocycles. The predicted molar refractivity (Wildman–Crippen MR) is 80.5 cm³/mol. The quantitative estimate of drug-likeness (QED) is 0.787. The first kappa shape index (κ1) is 12.9. The zero-order valence-corrected chi connectivity index (χ0v) is 12.7. The zero-order chi connectivity index (χ0) is 13.6. The zero-order valence-electron chi connectivity index (χ0n) is 11.1. The normalized spacial score (nSPS) is 15.1. The number of thiophene rings is 1. The minimum Gasteiger partial charge on any atom is -0.370 e. The van der Waals surface area contributed by atoms with Gasteiger partial charge in [0.15, 0.2) is 0 Å². The van der Waals surface area contributed by atoms with E-state index in [1.807, 2.05) is 0 Å². The highest BCUT2D eigenvalue weighted by Crippen LogP contribution is 2.37. The fourth-order valence-corrected chi connectivity index (χ4v) is 4.01. The number of halogens is 1. The van der Waals surface area contributed by atoms with E-state index in [0.717, 1.165) is 29.7 Å². The van der Waals surface area contributed by atoms with Gasteiger partial charge in [0.2, 0.25) is 0 Å². The number of aromatic nitrogens is 2. The Labute approximate surface area is 121 Å². The molecule has 0 saturated heterocycles. The summed E-state index contributed by atoms with van der Waals surface area (Å²) < 4.78 is 0. The average Bonchev–Trinajstić information content (AvgIpc) is 2.76. The highest BCUT2D eigenvalue weighted by molar-refractivity contribution is 7.19. The van der Waals surface area contributed by atoms with Crippen molar-refractivity contribution in [1.29, 1.82) is 0 Å². The molecule has 2 aromatic rings. The Hall–Kier alpha value is -1.13. The Morgan fingerprint density at radius 2 is 2.26 bits per heavy atom. The summed E-state index contributed by atoms with van der Waals surface area (Å²) in [5.41, 5.74) is 2.54. The van der Waals surface area contributed by atoms with Gasteiger partial charge in [0.05, 0.1) is 11.9 Å². The molecule has 5 heteroatoms. The van der Waals surface area contributed by atoms with Crippen LogP contribution in [0.3, 0.4) is 0 Å². The van der Waals surface area contributed by atoms with Gasteiger partial charge < -0.3 is 4.90 Å². The second kappa shape index (κ2) is 4.76. The van der Waals surface area contributed by atoms with Crippen LogP contribution >= 0.6 is 22.9 Å². The standard InChI is InChI=1S/C14H16ClN3S/c1-8(2)9(3)18-5-4-10-11(6-18)19-14-12(10)13(15)16-7-17-14/h7-8H,3-6H2,1-2H3. The fraction of sp³-hybridized carbons (Fsp3) is 0.429. The number of allylic oxidation sites excluding steroid dienone is 1. The second-order valence-corrected chi connectivity index (χ2v) is 6.61. The fourth-order valence-electron chi connectivity index (χ4n) is 2.50. The second-order valence-electron chi connectivity index (χ2n) is 5.17. The van der Waals surface area contributed by atoms with Crippen LogP contribution in [0, 0.1) is 5.92 Å². The Morgan fingerprint density at radius 1 is 1.47 bits per heavy atom. The smallest absolute Gasteiger partial charge is 0.141 e. The van der Waals surface area contributed by atoms with Crippen LogP contribution in [0.4, 0.5) is 0 Å². The lowest BCUT2D eigenvalue weighted by molar-refractivity contribution is 0.298. The molecular formula is C14H16ClN3S. The largest absolute Gasteiger partial charge is 0.370 e. The van der Waals surface area contributed by atoms with Crippen LogP contribution in [0.2, 0.25) is 5.15 Å². The van der Waals surface area contributed by atoms with Crippen molar-refractivity contribution in [2.24, 2.45) is 5.92 Å². The summed E-state index contributed by atoms with van der Waals surface area (Å²) in [5, 5.41) is 1.64. The molecule has 0 saturated carbocycles. The number of rotatable bonds is 2. The lowest BCUT2D eigenvalue weighted by Crippen LogP contribution is -2.30. The van der Waals surface area contributed by atoms with E-state index >= 15 is 0 Å².